The average molecular weight is 512 g/mol. The number of nitrogens with zero attached hydrogens (tertiary/aromatic N) is 5. The molecule has 2 aliphatic heterocycles. The molecule has 1 atom stereocenters. The van der Waals surface area contributed by atoms with Gasteiger partial charge in [0.15, 0.2) is 10.8 Å². The number of rotatable bonds is 8. The summed E-state index contributed by atoms with van der Waals surface area (Å²) in [5, 5.41) is 2.62. The van der Waals surface area contributed by atoms with Crippen LogP contribution in [-0.4, -0.2) is 63.7 Å². The second-order valence-electron chi connectivity index (χ2n) is 9.18. The van der Waals surface area contributed by atoms with Crippen LogP contribution < -0.4 is 10.3 Å². The molecule has 11 heteroatoms. The number of anilines is 1. The van der Waals surface area contributed by atoms with Crippen molar-refractivity contribution in [2.24, 2.45) is 5.92 Å². The molecule has 0 amide bonds. The van der Waals surface area contributed by atoms with Crippen LogP contribution in [0.3, 0.4) is 0 Å². The highest BCUT2D eigenvalue weighted by molar-refractivity contribution is 7.12. The molecule has 2 saturated heterocycles. The number of esters is 1. The second-order valence-corrected chi connectivity index (χ2v) is 10.1. The lowest BCUT2D eigenvalue weighted by Gasteiger charge is -2.38. The van der Waals surface area contributed by atoms with Gasteiger partial charge in [-0.2, -0.15) is 4.98 Å². The summed E-state index contributed by atoms with van der Waals surface area (Å²) in [4.78, 5) is 54.0. The summed E-state index contributed by atoms with van der Waals surface area (Å²) in [6.07, 6.45) is 7.90. The zero-order valence-electron chi connectivity index (χ0n) is 20.4. The molecule has 2 aliphatic rings. The molecule has 2 fully saturated rings. The number of carbonyl (C=O) groups excluding carboxylic acids is 2. The van der Waals surface area contributed by atoms with Crippen LogP contribution in [0.4, 0.5) is 5.95 Å². The van der Waals surface area contributed by atoms with Gasteiger partial charge in [0.25, 0.3) is 0 Å². The van der Waals surface area contributed by atoms with E-state index >= 15 is 0 Å². The van der Waals surface area contributed by atoms with Crippen LogP contribution >= 0.6 is 11.3 Å². The predicted molar refractivity (Wildman–Crippen MR) is 135 cm³/mol. The lowest BCUT2D eigenvalue weighted by Crippen LogP contribution is -2.51. The van der Waals surface area contributed by atoms with Gasteiger partial charge in [-0.15, -0.1) is 11.3 Å². The zero-order valence-corrected chi connectivity index (χ0v) is 21.3. The van der Waals surface area contributed by atoms with Crippen molar-refractivity contribution in [3.05, 3.63) is 39.3 Å². The van der Waals surface area contributed by atoms with Crippen molar-refractivity contribution in [1.82, 2.24) is 19.5 Å². The third kappa shape index (κ3) is 4.77. The third-order valence-corrected chi connectivity index (χ3v) is 7.51. The predicted octanol–water partition coefficient (Wildman–Crippen LogP) is 3.08. The van der Waals surface area contributed by atoms with E-state index < -0.39 is 11.4 Å². The lowest BCUT2D eigenvalue weighted by atomic mass is 9.91. The van der Waals surface area contributed by atoms with Gasteiger partial charge >= 0.3 is 5.97 Å². The summed E-state index contributed by atoms with van der Waals surface area (Å²) >= 11 is 1.36. The van der Waals surface area contributed by atoms with E-state index in [0.29, 0.717) is 41.9 Å². The van der Waals surface area contributed by atoms with Gasteiger partial charge in [0.2, 0.25) is 11.4 Å². The normalized spacial score (nSPS) is 18.3. The Bertz CT molecular complexity index is 1330. The molecule has 0 radical (unpaired) electrons. The molecule has 5 rings (SSSR count). The monoisotopic (exact) mass is 511 g/mol. The van der Waals surface area contributed by atoms with E-state index in [0.717, 1.165) is 25.9 Å². The van der Waals surface area contributed by atoms with Gasteiger partial charge in [-0.05, 0) is 39.5 Å². The van der Waals surface area contributed by atoms with Gasteiger partial charge in [0, 0.05) is 43.9 Å². The Morgan fingerprint density at radius 1 is 1.25 bits per heavy atom. The van der Waals surface area contributed by atoms with Crippen LogP contribution in [0.15, 0.2) is 22.6 Å². The highest BCUT2D eigenvalue weighted by Gasteiger charge is 2.35. The molecule has 36 heavy (non-hydrogen) atoms. The van der Waals surface area contributed by atoms with Crippen LogP contribution in [-0.2, 0) is 14.3 Å². The summed E-state index contributed by atoms with van der Waals surface area (Å²) in [5.41, 5.74) is 0.271. The molecular formula is C25H29N5O5S. The minimum absolute atomic E-state index is 0.0551. The van der Waals surface area contributed by atoms with Crippen LogP contribution in [0.1, 0.15) is 55.1 Å². The minimum Gasteiger partial charge on any atom is -0.462 e. The Balaban J connectivity index is 1.39. The summed E-state index contributed by atoms with van der Waals surface area (Å²) in [5.74, 6) is -0.0496. The Morgan fingerprint density at radius 2 is 2.08 bits per heavy atom. The highest BCUT2D eigenvalue weighted by Crippen LogP contribution is 2.28. The van der Waals surface area contributed by atoms with Crippen molar-refractivity contribution in [2.75, 3.05) is 31.2 Å². The van der Waals surface area contributed by atoms with Crippen LogP contribution in [0.2, 0.25) is 0 Å². The smallest absolute Gasteiger partial charge is 0.343 e. The summed E-state index contributed by atoms with van der Waals surface area (Å²) in [6.45, 7) is 5.44. The number of ketones is 1. The van der Waals surface area contributed by atoms with Gasteiger partial charge in [-0.1, -0.05) is 0 Å². The molecule has 0 aliphatic carbocycles. The number of carbonyl (C=O) groups is 2. The first-order valence-corrected chi connectivity index (χ1v) is 13.2. The maximum absolute atomic E-state index is 13.2. The Labute approximate surface area is 212 Å². The molecule has 10 nitrogen and oxygen atoms in total. The third-order valence-electron chi connectivity index (χ3n) is 6.74. The van der Waals surface area contributed by atoms with Crippen LogP contribution in [0.5, 0.6) is 0 Å². The first-order valence-electron chi connectivity index (χ1n) is 12.4. The average Bonchev–Trinajstić information content (AvgIpc) is 3.37. The van der Waals surface area contributed by atoms with Gasteiger partial charge in [-0.3, -0.25) is 14.2 Å². The Hall–Kier alpha value is -3.18. The fourth-order valence-electron chi connectivity index (χ4n) is 4.73. The number of aryl methyl sites for hydroxylation is 1. The van der Waals surface area contributed by atoms with Crippen molar-refractivity contribution in [2.45, 2.75) is 52.1 Å². The largest absolute Gasteiger partial charge is 0.462 e. The van der Waals surface area contributed by atoms with E-state index in [4.69, 9.17) is 14.5 Å². The van der Waals surface area contributed by atoms with E-state index in [-0.39, 0.29) is 35.4 Å². The molecule has 190 valence electrons. The summed E-state index contributed by atoms with van der Waals surface area (Å²) in [7, 11) is 0. The van der Waals surface area contributed by atoms with Gasteiger partial charge in [-0.25, -0.2) is 14.8 Å². The second kappa shape index (κ2) is 10.4. The summed E-state index contributed by atoms with van der Waals surface area (Å²) < 4.78 is 12.5. The van der Waals surface area contributed by atoms with Crippen LogP contribution in [0, 0.1) is 12.8 Å². The van der Waals surface area contributed by atoms with Crippen molar-refractivity contribution >= 4 is 40.1 Å². The maximum Gasteiger partial charge on any atom is 0.343 e. The molecule has 0 spiro atoms. The number of hydrogen-bond acceptors (Lipinski definition) is 10. The van der Waals surface area contributed by atoms with Gasteiger partial charge in [0.05, 0.1) is 29.7 Å². The lowest BCUT2D eigenvalue weighted by molar-refractivity contribution is -0.124. The number of hydrogen-bond donors (Lipinski definition) is 0. The van der Waals surface area contributed by atoms with Crippen molar-refractivity contribution in [3.8, 4) is 5.13 Å². The van der Waals surface area contributed by atoms with Crippen molar-refractivity contribution in [3.63, 3.8) is 0 Å². The number of aromatic nitrogens is 4. The van der Waals surface area contributed by atoms with Gasteiger partial charge < -0.3 is 14.4 Å². The maximum atomic E-state index is 13.2. The van der Waals surface area contributed by atoms with E-state index in [9.17, 15) is 14.4 Å². The topological polar surface area (TPSA) is 117 Å². The SMILES string of the molecule is CCOC(=O)c1cn(-c2nccs2)c2nc(N3CC(C(=O)CC[C@@H]4CCCCO4)C3)nc(C)c2c1=O. The Kier molecular flexibility index (Phi) is 7.10. The van der Waals surface area contributed by atoms with E-state index in [1.807, 2.05) is 10.3 Å². The van der Waals surface area contributed by atoms with E-state index in [1.165, 1.54) is 24.0 Å². The molecule has 0 aromatic carbocycles. The molecular weight excluding hydrogens is 482 g/mol. The van der Waals surface area contributed by atoms with Crippen molar-refractivity contribution in [1.29, 1.82) is 0 Å². The first kappa shape index (κ1) is 24.5. The summed E-state index contributed by atoms with van der Waals surface area (Å²) in [6, 6.07) is 0. The molecule has 3 aromatic rings. The number of ether oxygens (including phenoxy) is 2. The molecule has 0 bridgehead atoms. The molecule has 0 N–H and O–H groups in total. The quantitative estimate of drug-likeness (QED) is 0.421. The van der Waals surface area contributed by atoms with Crippen molar-refractivity contribution < 1.29 is 19.1 Å². The van der Waals surface area contributed by atoms with E-state index in [1.54, 1.807) is 24.6 Å². The zero-order chi connectivity index (χ0) is 25.2. The number of fused-ring (bicyclic) bond motifs is 1. The fraction of sp³-hybridized carbons (Fsp3) is 0.520. The molecule has 5 heterocycles. The Morgan fingerprint density at radius 3 is 2.78 bits per heavy atom. The number of Topliss-reactive ketones (excluding diaryl/α,β-unsaturated/α-hetero) is 1. The number of pyridine rings is 1. The standard InChI is InChI=1S/C25H29N5O5S/c1-3-34-23(33)18-14-30(25-26-9-11-36-25)22-20(21(18)32)15(2)27-24(28-22)29-12-16(13-29)19(31)8-7-17-6-4-5-10-35-17/h9,11,14,16-17H,3-8,10,12-13H2,1-2H3/t17-/m0/s1. The molecule has 0 unspecified atom stereocenters. The first-order chi connectivity index (χ1) is 17.5. The minimum atomic E-state index is -0.694. The van der Waals surface area contributed by atoms with Gasteiger partial charge in [0.1, 0.15) is 11.3 Å². The number of thiazole rings is 1. The highest BCUT2D eigenvalue weighted by atomic mass is 32.1. The molecule has 0 saturated carbocycles. The van der Waals surface area contributed by atoms with Crippen LogP contribution in [0.25, 0.3) is 16.2 Å². The molecule has 3 aromatic heterocycles. The fourth-order valence-corrected chi connectivity index (χ4v) is 5.35. The van der Waals surface area contributed by atoms with E-state index in [2.05, 4.69) is 9.97 Å².